The predicted molar refractivity (Wildman–Crippen MR) is 78.6 cm³/mol. The van der Waals surface area contributed by atoms with Crippen molar-refractivity contribution in [2.75, 3.05) is 0 Å². The number of aliphatic hydroxyl groups excluding tert-OH is 1. The van der Waals surface area contributed by atoms with Gasteiger partial charge in [0.2, 0.25) is 5.91 Å². The molecule has 1 aromatic rings. The van der Waals surface area contributed by atoms with Crippen LogP contribution in [-0.2, 0) is 24.1 Å². The Hall–Kier alpha value is -1.35. The van der Waals surface area contributed by atoms with Crippen molar-refractivity contribution in [3.63, 3.8) is 0 Å². The first-order chi connectivity index (χ1) is 9.72. The molecule has 3 nitrogen and oxygen atoms in total. The lowest BCUT2D eigenvalue weighted by Gasteiger charge is -2.28. The van der Waals surface area contributed by atoms with E-state index in [4.69, 9.17) is 0 Å². The molecule has 0 bridgehead atoms. The van der Waals surface area contributed by atoms with E-state index in [1.54, 1.807) is 0 Å². The van der Waals surface area contributed by atoms with Crippen molar-refractivity contribution in [2.45, 2.75) is 63.5 Å². The second kappa shape index (κ2) is 5.96. The molecule has 0 aliphatic heterocycles. The number of carbonyl (C=O) groups is 1. The Morgan fingerprint density at radius 2 is 1.95 bits per heavy atom. The highest BCUT2D eigenvalue weighted by Crippen LogP contribution is 2.23. The number of aryl methyl sites for hydroxylation is 2. The van der Waals surface area contributed by atoms with Crippen molar-refractivity contribution in [3.05, 3.63) is 34.9 Å². The molecule has 1 fully saturated rings. The summed E-state index contributed by atoms with van der Waals surface area (Å²) in [5, 5.41) is 12.9. The fraction of sp³-hybridized carbons (Fsp3) is 0.588. The number of rotatable bonds is 3. The van der Waals surface area contributed by atoms with Crippen molar-refractivity contribution in [1.29, 1.82) is 0 Å². The Balaban J connectivity index is 1.58. The monoisotopic (exact) mass is 273 g/mol. The van der Waals surface area contributed by atoms with Gasteiger partial charge in [0.1, 0.15) is 0 Å². The van der Waals surface area contributed by atoms with Crippen molar-refractivity contribution in [3.8, 4) is 0 Å². The van der Waals surface area contributed by atoms with Crippen LogP contribution in [-0.4, -0.2) is 23.2 Å². The number of aliphatic hydroxyl groups is 1. The summed E-state index contributed by atoms with van der Waals surface area (Å²) < 4.78 is 0. The predicted octanol–water partition coefficient (Wildman–Crippen LogP) is 2.14. The lowest BCUT2D eigenvalue weighted by Crippen LogP contribution is -2.45. The van der Waals surface area contributed by atoms with E-state index >= 15 is 0 Å². The summed E-state index contributed by atoms with van der Waals surface area (Å²) in [4.78, 5) is 12.1. The zero-order valence-electron chi connectivity index (χ0n) is 11.9. The van der Waals surface area contributed by atoms with E-state index in [0.717, 1.165) is 37.7 Å². The maximum absolute atomic E-state index is 12.1. The average Bonchev–Trinajstić information content (AvgIpc) is 2.89. The van der Waals surface area contributed by atoms with Crippen molar-refractivity contribution in [1.82, 2.24) is 5.32 Å². The van der Waals surface area contributed by atoms with Crippen LogP contribution in [0.1, 0.15) is 48.8 Å². The van der Waals surface area contributed by atoms with Crippen molar-refractivity contribution >= 4 is 5.91 Å². The Labute approximate surface area is 120 Å². The van der Waals surface area contributed by atoms with Crippen LogP contribution < -0.4 is 5.32 Å². The standard InChI is InChI=1S/C17H23NO2/c19-16-7-2-1-6-15(16)18-17(20)11-12-8-9-13-4-3-5-14(13)10-12/h8-10,15-16,19H,1-7,11H2,(H,18,20)/t15-,16-/m1/s1. The van der Waals surface area contributed by atoms with Crippen molar-refractivity contribution in [2.24, 2.45) is 0 Å². The largest absolute Gasteiger partial charge is 0.391 e. The van der Waals surface area contributed by atoms with Gasteiger partial charge in [0, 0.05) is 0 Å². The summed E-state index contributed by atoms with van der Waals surface area (Å²) in [5.74, 6) is 0.0360. The average molecular weight is 273 g/mol. The number of nitrogens with one attached hydrogen (secondary N) is 1. The van der Waals surface area contributed by atoms with Gasteiger partial charge in [0.25, 0.3) is 0 Å². The minimum atomic E-state index is -0.368. The van der Waals surface area contributed by atoms with Crippen LogP contribution in [0, 0.1) is 0 Å². The molecule has 2 aliphatic carbocycles. The van der Waals surface area contributed by atoms with Crippen LogP contribution >= 0.6 is 0 Å². The van der Waals surface area contributed by atoms with Crippen LogP contribution in [0.3, 0.4) is 0 Å². The third-order valence-electron chi connectivity index (χ3n) is 4.60. The van der Waals surface area contributed by atoms with E-state index in [9.17, 15) is 9.90 Å². The van der Waals surface area contributed by atoms with Gasteiger partial charge >= 0.3 is 0 Å². The summed E-state index contributed by atoms with van der Waals surface area (Å²) in [7, 11) is 0. The van der Waals surface area contributed by atoms with Gasteiger partial charge in [-0.25, -0.2) is 0 Å². The van der Waals surface area contributed by atoms with Gasteiger partial charge in [-0.2, -0.15) is 0 Å². The summed E-state index contributed by atoms with van der Waals surface area (Å²) >= 11 is 0. The normalized spacial score (nSPS) is 25.2. The molecule has 0 unspecified atom stereocenters. The zero-order chi connectivity index (χ0) is 13.9. The van der Waals surface area contributed by atoms with Gasteiger partial charge in [0.15, 0.2) is 0 Å². The molecule has 0 radical (unpaired) electrons. The van der Waals surface area contributed by atoms with Crippen molar-refractivity contribution < 1.29 is 9.90 Å². The Kier molecular flexibility index (Phi) is 4.06. The fourth-order valence-electron chi connectivity index (χ4n) is 3.46. The molecule has 20 heavy (non-hydrogen) atoms. The minimum Gasteiger partial charge on any atom is -0.391 e. The lowest BCUT2D eigenvalue weighted by molar-refractivity contribution is -0.122. The summed E-state index contributed by atoms with van der Waals surface area (Å²) in [6.07, 6.45) is 7.49. The summed E-state index contributed by atoms with van der Waals surface area (Å²) in [5.41, 5.74) is 3.94. The highest BCUT2D eigenvalue weighted by atomic mass is 16.3. The van der Waals surface area contributed by atoms with Crippen LogP contribution in [0.2, 0.25) is 0 Å². The molecule has 0 spiro atoms. The number of fused-ring (bicyclic) bond motifs is 1. The summed E-state index contributed by atoms with van der Waals surface area (Å²) in [6, 6.07) is 6.37. The first kappa shape index (κ1) is 13.6. The maximum Gasteiger partial charge on any atom is 0.224 e. The molecule has 108 valence electrons. The molecule has 2 atom stereocenters. The van der Waals surface area contributed by atoms with E-state index in [1.807, 2.05) is 0 Å². The molecule has 2 N–H and O–H groups in total. The third kappa shape index (κ3) is 3.04. The van der Waals surface area contributed by atoms with E-state index < -0.39 is 0 Å². The highest BCUT2D eigenvalue weighted by Gasteiger charge is 2.24. The lowest BCUT2D eigenvalue weighted by atomic mass is 9.92. The maximum atomic E-state index is 12.1. The molecular formula is C17H23NO2. The van der Waals surface area contributed by atoms with Crippen LogP contribution in [0.5, 0.6) is 0 Å². The number of hydrogen-bond acceptors (Lipinski definition) is 2. The molecule has 1 aromatic carbocycles. The smallest absolute Gasteiger partial charge is 0.224 e. The Morgan fingerprint density at radius 3 is 2.80 bits per heavy atom. The molecule has 3 rings (SSSR count). The zero-order valence-corrected chi connectivity index (χ0v) is 11.9. The highest BCUT2D eigenvalue weighted by molar-refractivity contribution is 5.79. The SMILES string of the molecule is O=C(Cc1ccc2c(c1)CCC2)N[C@@H]1CCCC[C@H]1O. The van der Waals surface area contributed by atoms with Gasteiger partial charge in [-0.05, 0) is 48.8 Å². The first-order valence-electron chi connectivity index (χ1n) is 7.80. The Morgan fingerprint density at radius 1 is 1.15 bits per heavy atom. The van der Waals surface area contributed by atoms with Crippen LogP contribution in [0.15, 0.2) is 18.2 Å². The third-order valence-corrected chi connectivity index (χ3v) is 4.60. The summed E-state index contributed by atoms with van der Waals surface area (Å²) in [6.45, 7) is 0. The minimum absolute atomic E-state index is 0.0360. The van der Waals surface area contributed by atoms with Gasteiger partial charge in [-0.3, -0.25) is 4.79 Å². The van der Waals surface area contributed by atoms with Gasteiger partial charge in [-0.15, -0.1) is 0 Å². The molecule has 0 saturated heterocycles. The number of carbonyl (C=O) groups excluding carboxylic acids is 1. The second-order valence-corrected chi connectivity index (χ2v) is 6.16. The van der Waals surface area contributed by atoms with Gasteiger partial charge in [0.05, 0.1) is 18.6 Å². The van der Waals surface area contributed by atoms with Gasteiger partial charge in [-0.1, -0.05) is 31.0 Å². The van der Waals surface area contributed by atoms with Crippen LogP contribution in [0.4, 0.5) is 0 Å². The second-order valence-electron chi connectivity index (χ2n) is 6.16. The molecule has 1 saturated carbocycles. The quantitative estimate of drug-likeness (QED) is 0.886. The number of hydrogen-bond donors (Lipinski definition) is 2. The molecule has 0 aromatic heterocycles. The fourth-order valence-corrected chi connectivity index (χ4v) is 3.46. The molecular weight excluding hydrogens is 250 g/mol. The molecule has 1 amide bonds. The topological polar surface area (TPSA) is 49.3 Å². The Bertz CT molecular complexity index is 498. The number of amides is 1. The van der Waals surface area contributed by atoms with E-state index in [1.165, 1.54) is 24.0 Å². The first-order valence-corrected chi connectivity index (χ1v) is 7.80. The van der Waals surface area contributed by atoms with Gasteiger partial charge < -0.3 is 10.4 Å². The van der Waals surface area contributed by atoms with E-state index in [-0.39, 0.29) is 18.1 Å². The van der Waals surface area contributed by atoms with E-state index in [2.05, 4.69) is 23.5 Å². The van der Waals surface area contributed by atoms with E-state index in [0.29, 0.717) is 6.42 Å². The number of benzene rings is 1. The molecule has 3 heteroatoms. The molecule has 0 heterocycles. The molecule has 2 aliphatic rings. The van der Waals surface area contributed by atoms with Crippen LogP contribution in [0.25, 0.3) is 0 Å².